The summed E-state index contributed by atoms with van der Waals surface area (Å²) in [5.74, 6) is 0.606. The number of hydrogen-bond acceptors (Lipinski definition) is 5. The lowest BCUT2D eigenvalue weighted by Crippen LogP contribution is -2.10. The normalized spacial score (nSPS) is 11.5. The van der Waals surface area contributed by atoms with Crippen molar-refractivity contribution in [2.24, 2.45) is 0 Å². The smallest absolute Gasteiger partial charge is 0.227 e. The molecule has 11 aromatic carbocycles. The minimum absolute atomic E-state index is 0.606. The van der Waals surface area contributed by atoms with Crippen molar-refractivity contribution in [3.05, 3.63) is 249 Å². The van der Waals surface area contributed by atoms with E-state index >= 15 is 0 Å². The second-order valence-electron chi connectivity index (χ2n) is 17.2. The molecule has 13 aromatic rings. The molecule has 0 fully saturated rings. The highest BCUT2D eigenvalue weighted by Crippen LogP contribution is 2.43. The van der Waals surface area contributed by atoms with E-state index in [9.17, 15) is 0 Å². The Balaban J connectivity index is 0.907. The van der Waals surface area contributed by atoms with Crippen LogP contribution in [0.4, 0.5) is 34.1 Å². The third-order valence-electron chi connectivity index (χ3n) is 13.1. The molecule has 320 valence electrons. The van der Waals surface area contributed by atoms with Gasteiger partial charge in [-0.2, -0.15) is 0 Å². The number of para-hydroxylation sites is 1. The van der Waals surface area contributed by atoms with E-state index in [1.54, 1.807) is 0 Å². The number of anilines is 6. The Morgan fingerprint density at radius 1 is 0.265 bits per heavy atom. The van der Waals surface area contributed by atoms with Gasteiger partial charge in [-0.25, -0.2) is 4.98 Å². The molecule has 2 heterocycles. The van der Waals surface area contributed by atoms with Gasteiger partial charge in [-0.15, -0.1) is 0 Å². The van der Waals surface area contributed by atoms with E-state index in [-0.39, 0.29) is 0 Å². The van der Waals surface area contributed by atoms with Crippen LogP contribution in [0.25, 0.3) is 88.3 Å². The summed E-state index contributed by atoms with van der Waals surface area (Å²) in [4.78, 5) is 9.48. The molecule has 0 unspecified atom stereocenters. The lowest BCUT2D eigenvalue weighted by Gasteiger charge is -2.27. The van der Waals surface area contributed by atoms with Crippen molar-refractivity contribution in [2.45, 2.75) is 0 Å². The Morgan fingerprint density at radius 2 is 0.706 bits per heavy atom. The third kappa shape index (κ3) is 7.02. The minimum Gasteiger partial charge on any atom is -0.456 e. The number of rotatable bonds is 9. The van der Waals surface area contributed by atoms with Crippen LogP contribution < -0.4 is 9.80 Å². The van der Waals surface area contributed by atoms with Gasteiger partial charge in [0.1, 0.15) is 16.7 Å². The maximum absolute atomic E-state index is 6.41. The lowest BCUT2D eigenvalue weighted by atomic mass is 9.99. The molecular weight excluding hydrogens is 831 g/mol. The van der Waals surface area contributed by atoms with Crippen molar-refractivity contribution in [3.8, 4) is 33.7 Å². The Morgan fingerprint density at radius 3 is 1.29 bits per heavy atom. The lowest BCUT2D eigenvalue weighted by molar-refractivity contribution is 0.620. The molecule has 5 nitrogen and oxygen atoms in total. The maximum Gasteiger partial charge on any atom is 0.227 e. The zero-order valence-electron chi connectivity index (χ0n) is 36.8. The minimum atomic E-state index is 0.606. The van der Waals surface area contributed by atoms with Crippen LogP contribution in [0.5, 0.6) is 0 Å². The predicted molar refractivity (Wildman–Crippen MR) is 282 cm³/mol. The van der Waals surface area contributed by atoms with Crippen molar-refractivity contribution in [3.63, 3.8) is 0 Å². The highest BCUT2D eigenvalue weighted by Gasteiger charge is 2.20. The molecule has 0 amide bonds. The van der Waals surface area contributed by atoms with Crippen LogP contribution in [-0.2, 0) is 0 Å². The van der Waals surface area contributed by atoms with Gasteiger partial charge in [0.15, 0.2) is 5.58 Å². The van der Waals surface area contributed by atoms with Crippen LogP contribution in [0, 0.1) is 0 Å². The average Bonchev–Trinajstić information content (AvgIpc) is 4.01. The highest BCUT2D eigenvalue weighted by molar-refractivity contribution is 6.10. The summed E-state index contributed by atoms with van der Waals surface area (Å²) in [7, 11) is 0. The van der Waals surface area contributed by atoms with Gasteiger partial charge < -0.3 is 18.6 Å². The second kappa shape index (κ2) is 16.4. The van der Waals surface area contributed by atoms with Gasteiger partial charge in [0, 0.05) is 56.5 Å². The summed E-state index contributed by atoms with van der Waals surface area (Å²) in [6.45, 7) is 0. The Hall–Kier alpha value is -9.19. The number of aromatic nitrogens is 1. The van der Waals surface area contributed by atoms with Crippen LogP contribution in [0.1, 0.15) is 0 Å². The van der Waals surface area contributed by atoms with Crippen molar-refractivity contribution in [1.82, 2.24) is 4.98 Å². The van der Waals surface area contributed by atoms with E-state index in [2.05, 4.69) is 216 Å². The summed E-state index contributed by atoms with van der Waals surface area (Å²) in [6.07, 6.45) is 0. The molecule has 0 aliphatic carbocycles. The summed E-state index contributed by atoms with van der Waals surface area (Å²) >= 11 is 0. The van der Waals surface area contributed by atoms with Gasteiger partial charge in [-0.3, -0.25) is 0 Å². The molecule has 0 radical (unpaired) electrons. The van der Waals surface area contributed by atoms with Crippen molar-refractivity contribution in [2.75, 3.05) is 9.80 Å². The van der Waals surface area contributed by atoms with E-state index in [4.69, 9.17) is 13.8 Å². The zero-order chi connectivity index (χ0) is 45.0. The average molecular weight is 872 g/mol. The fraction of sp³-hybridized carbons (Fsp3) is 0. The number of hydrogen-bond donors (Lipinski definition) is 0. The topological polar surface area (TPSA) is 45.7 Å². The molecule has 0 bridgehead atoms. The Labute approximate surface area is 393 Å². The van der Waals surface area contributed by atoms with E-state index in [0.717, 1.165) is 89.1 Å². The van der Waals surface area contributed by atoms with Gasteiger partial charge in [-0.05, 0) is 141 Å². The molecule has 0 saturated heterocycles. The number of benzene rings is 11. The first kappa shape index (κ1) is 39.2. The molecule has 0 aliphatic rings. The quantitative estimate of drug-likeness (QED) is 0.135. The first-order valence-electron chi connectivity index (χ1n) is 22.9. The van der Waals surface area contributed by atoms with Crippen LogP contribution >= 0.6 is 0 Å². The summed E-state index contributed by atoms with van der Waals surface area (Å²) in [5, 5.41) is 6.86. The SMILES string of the molecule is c1ccc(-c2ccc(N(c3ccc4c(ccc5cc(N(c6ccc(-c7ccccc7)cc6)c6ccc7oc8ccccc8c7c6)ccc54)c3)c3ccc4nc(-c5ccccc5)oc4c3)cc2)cc1. The Kier molecular flexibility index (Phi) is 9.43. The second-order valence-corrected chi connectivity index (χ2v) is 17.2. The molecule has 2 aromatic heterocycles. The molecule has 5 heteroatoms. The maximum atomic E-state index is 6.41. The summed E-state index contributed by atoms with van der Waals surface area (Å²) < 4.78 is 12.7. The van der Waals surface area contributed by atoms with Gasteiger partial charge in [0.2, 0.25) is 5.89 Å². The molecule has 0 saturated carbocycles. The van der Waals surface area contributed by atoms with E-state index < -0.39 is 0 Å². The molecule has 0 N–H and O–H groups in total. The highest BCUT2D eigenvalue weighted by atomic mass is 16.3. The largest absolute Gasteiger partial charge is 0.456 e. The molecule has 68 heavy (non-hydrogen) atoms. The fourth-order valence-electron chi connectivity index (χ4n) is 9.70. The van der Waals surface area contributed by atoms with E-state index in [1.807, 2.05) is 42.5 Å². The summed E-state index contributed by atoms with van der Waals surface area (Å²) in [5.41, 5.74) is 15.2. The zero-order valence-corrected chi connectivity index (χ0v) is 36.8. The molecule has 0 spiro atoms. The van der Waals surface area contributed by atoms with Crippen LogP contribution in [0.15, 0.2) is 258 Å². The van der Waals surface area contributed by atoms with Crippen molar-refractivity contribution >= 4 is 88.7 Å². The number of oxazole rings is 1. The predicted octanol–water partition coefficient (Wildman–Crippen LogP) is 18.0. The summed E-state index contributed by atoms with van der Waals surface area (Å²) in [6, 6.07) is 87.9. The van der Waals surface area contributed by atoms with Gasteiger partial charge >= 0.3 is 0 Å². The first-order valence-corrected chi connectivity index (χ1v) is 22.9. The fourth-order valence-corrected chi connectivity index (χ4v) is 9.70. The van der Waals surface area contributed by atoms with Gasteiger partial charge in [0.05, 0.1) is 0 Å². The monoisotopic (exact) mass is 871 g/mol. The van der Waals surface area contributed by atoms with Crippen molar-refractivity contribution in [1.29, 1.82) is 0 Å². The standard InChI is InChI=1S/C63H41N3O2/c1-4-12-42(13-5-1)44-22-26-49(27-23-44)65(53-33-37-61-58(40-53)57-18-10-11-19-60(57)67-61)51-30-34-55-47(38-51)20-21-48-39-52(31-35-56(48)55)66(50-28-24-45(25-29-50)43-14-6-2-7-15-43)54-32-36-59-62(41-54)68-63(64-59)46-16-8-3-9-17-46/h1-41H. The van der Waals surface area contributed by atoms with Crippen LogP contribution in [0.3, 0.4) is 0 Å². The van der Waals surface area contributed by atoms with E-state index in [1.165, 1.54) is 27.5 Å². The number of nitrogens with zero attached hydrogens (tertiary/aromatic N) is 3. The molecule has 0 atom stereocenters. The molecular formula is C63H41N3O2. The van der Waals surface area contributed by atoms with Crippen LogP contribution in [-0.4, -0.2) is 4.98 Å². The van der Waals surface area contributed by atoms with Crippen LogP contribution in [0.2, 0.25) is 0 Å². The Bertz CT molecular complexity index is 3960. The first-order chi connectivity index (χ1) is 33.7. The molecule has 13 rings (SSSR count). The number of furan rings is 1. The van der Waals surface area contributed by atoms with Crippen molar-refractivity contribution < 1.29 is 8.83 Å². The molecule has 0 aliphatic heterocycles. The third-order valence-corrected chi connectivity index (χ3v) is 13.1. The van der Waals surface area contributed by atoms with Gasteiger partial charge in [0.25, 0.3) is 0 Å². The number of fused-ring (bicyclic) bond motifs is 7. The van der Waals surface area contributed by atoms with Gasteiger partial charge in [-0.1, -0.05) is 146 Å². The van der Waals surface area contributed by atoms with E-state index in [0.29, 0.717) is 5.89 Å².